The van der Waals surface area contributed by atoms with Gasteiger partial charge in [0.15, 0.2) is 0 Å². The Morgan fingerprint density at radius 3 is 2.63 bits per heavy atom. The zero-order valence-electron chi connectivity index (χ0n) is 11.0. The van der Waals surface area contributed by atoms with Gasteiger partial charge in [-0.1, -0.05) is 24.3 Å². The molecular weight excluding hydrogens is 300 g/mol. The predicted molar refractivity (Wildman–Crippen MR) is 82.4 cm³/mol. The van der Waals surface area contributed by atoms with Crippen molar-refractivity contribution in [1.29, 1.82) is 0 Å². The van der Waals surface area contributed by atoms with Crippen molar-refractivity contribution in [3.05, 3.63) is 57.8 Å². The summed E-state index contributed by atoms with van der Waals surface area (Å²) in [5.74, 6) is 0.834. The molecule has 1 saturated carbocycles. The highest BCUT2D eigenvalue weighted by Crippen LogP contribution is 2.39. The maximum absolute atomic E-state index is 4.29. The number of hydrogen-bond donors (Lipinski definition) is 1. The van der Waals surface area contributed by atoms with E-state index in [9.17, 15) is 0 Å². The van der Waals surface area contributed by atoms with E-state index in [0.29, 0.717) is 0 Å². The van der Waals surface area contributed by atoms with E-state index in [4.69, 9.17) is 0 Å². The van der Waals surface area contributed by atoms with Gasteiger partial charge in [0.2, 0.25) is 0 Å². The van der Waals surface area contributed by atoms with Crippen LogP contribution >= 0.6 is 15.9 Å². The highest BCUT2D eigenvalue weighted by atomic mass is 79.9. The lowest BCUT2D eigenvalue weighted by Crippen LogP contribution is -2.00. The highest BCUT2D eigenvalue weighted by Gasteiger charge is 2.22. The van der Waals surface area contributed by atoms with Gasteiger partial charge in [-0.05, 0) is 64.4 Å². The summed E-state index contributed by atoms with van der Waals surface area (Å²) in [7, 11) is 0. The summed E-state index contributed by atoms with van der Waals surface area (Å²) in [6.07, 6.45) is 4.58. The summed E-state index contributed by atoms with van der Waals surface area (Å²) in [6, 6.07) is 11.1. The first-order chi connectivity index (χ1) is 9.22. The fraction of sp³-hybridized carbons (Fsp3) is 0.312. The molecule has 1 aliphatic carbocycles. The van der Waals surface area contributed by atoms with Gasteiger partial charge in [-0.25, -0.2) is 4.98 Å². The maximum Gasteiger partial charge on any atom is 0.109 e. The van der Waals surface area contributed by atoms with Gasteiger partial charge in [0.25, 0.3) is 0 Å². The van der Waals surface area contributed by atoms with Crippen molar-refractivity contribution in [2.24, 2.45) is 0 Å². The second kappa shape index (κ2) is 5.33. The lowest BCUT2D eigenvalue weighted by molar-refractivity contribution is 1.09. The molecule has 2 aromatic rings. The molecule has 1 N–H and O–H groups in total. The molecule has 1 aromatic carbocycles. The van der Waals surface area contributed by atoms with Gasteiger partial charge in [-0.15, -0.1) is 0 Å². The number of hydrogen-bond acceptors (Lipinski definition) is 2. The fourth-order valence-electron chi connectivity index (χ4n) is 2.18. The number of benzene rings is 1. The third-order valence-electron chi connectivity index (χ3n) is 3.54. The van der Waals surface area contributed by atoms with Crippen LogP contribution in [0.5, 0.6) is 0 Å². The van der Waals surface area contributed by atoms with Crippen molar-refractivity contribution in [2.75, 3.05) is 5.32 Å². The Labute approximate surface area is 122 Å². The third-order valence-corrected chi connectivity index (χ3v) is 4.37. The molecule has 0 bridgehead atoms. The van der Waals surface area contributed by atoms with Crippen molar-refractivity contribution in [2.45, 2.75) is 32.2 Å². The van der Waals surface area contributed by atoms with Crippen LogP contribution in [0.3, 0.4) is 0 Å². The second-order valence-electron chi connectivity index (χ2n) is 5.20. The topological polar surface area (TPSA) is 24.9 Å². The Morgan fingerprint density at radius 1 is 1.26 bits per heavy atom. The van der Waals surface area contributed by atoms with Crippen molar-refractivity contribution in [1.82, 2.24) is 4.98 Å². The van der Waals surface area contributed by atoms with Gasteiger partial charge in [0, 0.05) is 6.54 Å². The fourth-order valence-corrected chi connectivity index (χ4v) is 2.40. The first-order valence-electron chi connectivity index (χ1n) is 6.67. The van der Waals surface area contributed by atoms with Crippen molar-refractivity contribution < 1.29 is 0 Å². The maximum atomic E-state index is 4.29. The van der Waals surface area contributed by atoms with Gasteiger partial charge in [0.1, 0.15) is 4.60 Å². The average molecular weight is 317 g/mol. The molecule has 3 rings (SSSR count). The van der Waals surface area contributed by atoms with E-state index in [1.54, 1.807) is 0 Å². The monoisotopic (exact) mass is 316 g/mol. The molecule has 1 aromatic heterocycles. The van der Waals surface area contributed by atoms with Gasteiger partial charge < -0.3 is 5.32 Å². The number of aryl methyl sites for hydroxylation is 1. The quantitative estimate of drug-likeness (QED) is 0.831. The van der Waals surface area contributed by atoms with E-state index in [0.717, 1.165) is 28.3 Å². The average Bonchev–Trinajstić information content (AvgIpc) is 3.25. The number of rotatable bonds is 4. The zero-order valence-corrected chi connectivity index (χ0v) is 12.6. The molecule has 0 amide bonds. The number of nitrogens with zero attached hydrogens (tertiary/aromatic N) is 1. The minimum atomic E-state index is 0.834. The molecule has 0 unspecified atom stereocenters. The summed E-state index contributed by atoms with van der Waals surface area (Å²) >= 11 is 3.41. The molecule has 0 spiro atoms. The Morgan fingerprint density at radius 2 is 2.00 bits per heavy atom. The molecule has 0 aliphatic heterocycles. The smallest absolute Gasteiger partial charge is 0.109 e. The molecule has 1 heterocycles. The van der Waals surface area contributed by atoms with Crippen molar-refractivity contribution in [3.63, 3.8) is 0 Å². The number of anilines is 1. The SMILES string of the molecule is Cc1cc(NCc2ccc(C3CC3)cc2)cnc1Br. The van der Waals surface area contributed by atoms with Crippen LogP contribution < -0.4 is 5.32 Å². The Hall–Kier alpha value is -1.35. The Balaban J connectivity index is 1.63. The van der Waals surface area contributed by atoms with Crippen LogP contribution in [0.4, 0.5) is 5.69 Å². The van der Waals surface area contributed by atoms with Gasteiger partial charge >= 0.3 is 0 Å². The Kier molecular flexibility index (Phi) is 3.56. The van der Waals surface area contributed by atoms with E-state index in [1.165, 1.54) is 24.0 Å². The molecule has 1 aliphatic rings. The molecular formula is C16H17BrN2. The molecule has 0 atom stereocenters. The number of pyridine rings is 1. The van der Waals surface area contributed by atoms with Crippen LogP contribution in [0.15, 0.2) is 41.1 Å². The Bertz CT molecular complexity index is 574. The van der Waals surface area contributed by atoms with Gasteiger partial charge in [-0.3, -0.25) is 0 Å². The van der Waals surface area contributed by atoms with E-state index >= 15 is 0 Å². The summed E-state index contributed by atoms with van der Waals surface area (Å²) < 4.78 is 0.909. The van der Waals surface area contributed by atoms with E-state index in [2.05, 4.69) is 56.6 Å². The van der Waals surface area contributed by atoms with Crippen molar-refractivity contribution >= 4 is 21.6 Å². The van der Waals surface area contributed by atoms with Crippen LogP contribution in [0.2, 0.25) is 0 Å². The predicted octanol–water partition coefficient (Wildman–Crippen LogP) is 4.64. The normalized spacial score (nSPS) is 14.4. The van der Waals surface area contributed by atoms with Gasteiger partial charge in [-0.2, -0.15) is 0 Å². The molecule has 0 radical (unpaired) electrons. The minimum Gasteiger partial charge on any atom is -0.380 e. The second-order valence-corrected chi connectivity index (χ2v) is 5.95. The van der Waals surface area contributed by atoms with Crippen LogP contribution in [0.25, 0.3) is 0 Å². The van der Waals surface area contributed by atoms with Crippen molar-refractivity contribution in [3.8, 4) is 0 Å². The summed E-state index contributed by atoms with van der Waals surface area (Å²) in [5, 5.41) is 3.41. The number of aromatic nitrogens is 1. The lowest BCUT2D eigenvalue weighted by Gasteiger charge is -2.08. The third kappa shape index (κ3) is 3.16. The van der Waals surface area contributed by atoms with Gasteiger partial charge in [0.05, 0.1) is 11.9 Å². The van der Waals surface area contributed by atoms with E-state index in [-0.39, 0.29) is 0 Å². The summed E-state index contributed by atoms with van der Waals surface area (Å²) in [6.45, 7) is 2.89. The van der Waals surface area contributed by atoms with Crippen LogP contribution in [-0.2, 0) is 6.54 Å². The number of nitrogens with one attached hydrogen (secondary N) is 1. The number of halogens is 1. The van der Waals surface area contributed by atoms with E-state index in [1.807, 2.05) is 13.1 Å². The lowest BCUT2D eigenvalue weighted by atomic mass is 10.1. The molecule has 3 heteroatoms. The molecule has 1 fully saturated rings. The molecule has 2 nitrogen and oxygen atoms in total. The first kappa shape index (κ1) is 12.7. The largest absolute Gasteiger partial charge is 0.380 e. The standard InChI is InChI=1S/C16H17BrN2/c1-11-8-15(10-19-16(11)17)18-9-12-2-4-13(5-3-12)14-6-7-14/h2-5,8,10,14,18H,6-7,9H2,1H3. The van der Waals surface area contributed by atoms with Crippen LogP contribution in [-0.4, -0.2) is 4.98 Å². The first-order valence-corrected chi connectivity index (χ1v) is 7.46. The molecule has 98 valence electrons. The zero-order chi connectivity index (χ0) is 13.2. The highest BCUT2D eigenvalue weighted by molar-refractivity contribution is 9.10. The molecule has 0 saturated heterocycles. The van der Waals surface area contributed by atoms with Crippen LogP contribution in [0, 0.1) is 6.92 Å². The van der Waals surface area contributed by atoms with E-state index < -0.39 is 0 Å². The summed E-state index contributed by atoms with van der Waals surface area (Å²) in [5.41, 5.74) is 5.01. The van der Waals surface area contributed by atoms with Crippen LogP contribution in [0.1, 0.15) is 35.4 Å². The summed E-state index contributed by atoms with van der Waals surface area (Å²) in [4.78, 5) is 4.29. The minimum absolute atomic E-state index is 0.834. The molecule has 19 heavy (non-hydrogen) atoms.